The van der Waals surface area contributed by atoms with Crippen LogP contribution in [0.5, 0.6) is 0 Å². The standard InChI is InChI=1S/C16H13N7O3S/c1-2-13-19-23-14(24)7-10(18-16(23)27-13)8-26-15(25)11-5-3-4-6-12(11)22-9-17-20-21-22/h3-7,9H,2,8H2,1H3. The Bertz CT molecular complexity index is 1170. The van der Waals surface area contributed by atoms with E-state index in [-0.39, 0.29) is 12.2 Å². The minimum Gasteiger partial charge on any atom is -0.456 e. The molecule has 0 spiro atoms. The number of ether oxygens (including phenoxy) is 1. The first kappa shape index (κ1) is 17.0. The molecule has 1 aromatic carbocycles. The molecule has 0 saturated heterocycles. The SMILES string of the molecule is CCc1nn2c(=O)cc(COC(=O)c3ccccc3-n3cnnn3)nc2s1. The van der Waals surface area contributed by atoms with Crippen LogP contribution in [0, 0.1) is 0 Å². The molecule has 136 valence electrons. The number of benzene rings is 1. The van der Waals surface area contributed by atoms with Crippen molar-refractivity contribution in [3.05, 3.63) is 63.3 Å². The van der Waals surface area contributed by atoms with Gasteiger partial charge in [-0.15, -0.1) is 5.10 Å². The van der Waals surface area contributed by atoms with Crippen molar-refractivity contribution < 1.29 is 9.53 Å². The van der Waals surface area contributed by atoms with Crippen LogP contribution < -0.4 is 5.56 Å². The maximum absolute atomic E-state index is 12.5. The monoisotopic (exact) mass is 383 g/mol. The van der Waals surface area contributed by atoms with Crippen LogP contribution in [0.1, 0.15) is 28.0 Å². The van der Waals surface area contributed by atoms with Crippen molar-refractivity contribution in [1.82, 2.24) is 34.8 Å². The number of aromatic nitrogens is 7. The Labute approximate surface area is 156 Å². The number of carbonyl (C=O) groups excluding carboxylic acids is 1. The Morgan fingerprint density at radius 3 is 2.93 bits per heavy atom. The van der Waals surface area contributed by atoms with Gasteiger partial charge < -0.3 is 4.74 Å². The Morgan fingerprint density at radius 2 is 2.15 bits per heavy atom. The third-order valence-electron chi connectivity index (χ3n) is 3.71. The van der Waals surface area contributed by atoms with Crippen LogP contribution in [0.15, 0.2) is 41.5 Å². The zero-order chi connectivity index (χ0) is 18.8. The molecule has 0 aliphatic rings. The minimum atomic E-state index is -0.568. The Balaban J connectivity index is 1.57. The first-order valence-electron chi connectivity index (χ1n) is 8.04. The molecule has 0 aliphatic heterocycles. The van der Waals surface area contributed by atoms with Gasteiger partial charge in [0.1, 0.15) is 17.9 Å². The first-order valence-corrected chi connectivity index (χ1v) is 8.85. The highest BCUT2D eigenvalue weighted by Crippen LogP contribution is 2.15. The van der Waals surface area contributed by atoms with Crippen LogP contribution in [0.3, 0.4) is 0 Å². The summed E-state index contributed by atoms with van der Waals surface area (Å²) in [6.45, 7) is 1.82. The number of carbonyl (C=O) groups is 1. The number of aryl methyl sites for hydroxylation is 1. The van der Waals surface area contributed by atoms with E-state index in [0.29, 0.717) is 28.3 Å². The van der Waals surface area contributed by atoms with Crippen LogP contribution in [0.4, 0.5) is 0 Å². The van der Waals surface area contributed by atoms with Gasteiger partial charge in [-0.2, -0.15) is 14.3 Å². The summed E-state index contributed by atoms with van der Waals surface area (Å²) in [5.74, 6) is -0.568. The molecular formula is C16H13N7O3S. The number of nitrogens with zero attached hydrogens (tertiary/aromatic N) is 7. The van der Waals surface area contributed by atoms with E-state index in [2.05, 4.69) is 25.6 Å². The molecule has 3 heterocycles. The van der Waals surface area contributed by atoms with Crippen molar-refractivity contribution in [3.63, 3.8) is 0 Å². The fourth-order valence-corrected chi connectivity index (χ4v) is 3.31. The molecule has 4 rings (SSSR count). The van der Waals surface area contributed by atoms with Gasteiger partial charge in [-0.3, -0.25) is 4.79 Å². The molecule has 3 aromatic heterocycles. The second kappa shape index (κ2) is 7.03. The molecule has 11 heteroatoms. The van der Waals surface area contributed by atoms with E-state index < -0.39 is 5.97 Å². The smallest absolute Gasteiger partial charge is 0.340 e. The summed E-state index contributed by atoms with van der Waals surface area (Å²) in [5, 5.41) is 15.9. The fraction of sp³-hybridized carbons (Fsp3) is 0.188. The average molecular weight is 383 g/mol. The summed E-state index contributed by atoms with van der Waals surface area (Å²) < 4.78 is 7.97. The lowest BCUT2D eigenvalue weighted by Crippen LogP contribution is -2.17. The van der Waals surface area contributed by atoms with E-state index in [1.165, 1.54) is 32.9 Å². The second-order valence-corrected chi connectivity index (χ2v) is 6.52. The van der Waals surface area contributed by atoms with Crippen LogP contribution in [0.2, 0.25) is 0 Å². The number of esters is 1. The van der Waals surface area contributed by atoms with E-state index in [9.17, 15) is 9.59 Å². The highest BCUT2D eigenvalue weighted by atomic mass is 32.1. The van der Waals surface area contributed by atoms with Crippen molar-refractivity contribution >= 4 is 22.3 Å². The average Bonchev–Trinajstić information content (AvgIpc) is 3.36. The van der Waals surface area contributed by atoms with Crippen LogP contribution in [-0.2, 0) is 17.8 Å². The largest absolute Gasteiger partial charge is 0.456 e. The molecule has 4 aromatic rings. The lowest BCUT2D eigenvalue weighted by Gasteiger charge is -2.08. The molecule has 0 saturated carbocycles. The third kappa shape index (κ3) is 3.31. The normalized spacial score (nSPS) is 11.0. The molecule has 0 N–H and O–H groups in total. The van der Waals surface area contributed by atoms with Gasteiger partial charge in [0.2, 0.25) is 4.96 Å². The predicted molar refractivity (Wildman–Crippen MR) is 94.8 cm³/mol. The number of rotatable bonds is 5. The summed E-state index contributed by atoms with van der Waals surface area (Å²) in [6.07, 6.45) is 2.10. The lowest BCUT2D eigenvalue weighted by atomic mass is 10.2. The van der Waals surface area contributed by atoms with E-state index in [0.717, 1.165) is 5.01 Å². The van der Waals surface area contributed by atoms with E-state index >= 15 is 0 Å². The Hall–Kier alpha value is -3.47. The van der Waals surface area contributed by atoms with E-state index in [1.54, 1.807) is 24.3 Å². The van der Waals surface area contributed by atoms with Gasteiger partial charge in [-0.1, -0.05) is 30.4 Å². The van der Waals surface area contributed by atoms with Gasteiger partial charge in [0.25, 0.3) is 5.56 Å². The lowest BCUT2D eigenvalue weighted by molar-refractivity contribution is 0.0467. The predicted octanol–water partition coefficient (Wildman–Crippen LogP) is 1.05. The third-order valence-corrected chi connectivity index (χ3v) is 4.77. The number of hydrogen-bond donors (Lipinski definition) is 0. The molecule has 0 atom stereocenters. The van der Waals surface area contributed by atoms with E-state index in [1.807, 2.05) is 6.92 Å². The summed E-state index contributed by atoms with van der Waals surface area (Å²) in [6, 6.07) is 8.10. The van der Waals surface area contributed by atoms with E-state index in [4.69, 9.17) is 4.74 Å². The topological polar surface area (TPSA) is 117 Å². The number of hydrogen-bond acceptors (Lipinski definition) is 9. The zero-order valence-corrected chi connectivity index (χ0v) is 15.0. The van der Waals surface area contributed by atoms with Crippen molar-refractivity contribution in [2.45, 2.75) is 20.0 Å². The first-order chi connectivity index (χ1) is 13.2. The van der Waals surface area contributed by atoms with Crippen LogP contribution in [0.25, 0.3) is 10.6 Å². The van der Waals surface area contributed by atoms with Crippen molar-refractivity contribution in [2.75, 3.05) is 0 Å². The maximum Gasteiger partial charge on any atom is 0.340 e. The van der Waals surface area contributed by atoms with Gasteiger partial charge in [-0.05, 0) is 29.0 Å². The van der Waals surface area contributed by atoms with Gasteiger partial charge in [0, 0.05) is 6.07 Å². The van der Waals surface area contributed by atoms with Gasteiger partial charge in [0.05, 0.1) is 16.9 Å². The molecule has 0 radical (unpaired) electrons. The van der Waals surface area contributed by atoms with Crippen LogP contribution in [-0.4, -0.2) is 40.8 Å². The molecule has 0 amide bonds. The zero-order valence-electron chi connectivity index (χ0n) is 14.1. The van der Waals surface area contributed by atoms with Gasteiger partial charge in [0.15, 0.2) is 0 Å². The number of fused-ring (bicyclic) bond motifs is 1. The maximum atomic E-state index is 12.5. The number of tetrazole rings is 1. The molecule has 27 heavy (non-hydrogen) atoms. The summed E-state index contributed by atoms with van der Waals surface area (Å²) in [7, 11) is 0. The second-order valence-electron chi connectivity index (χ2n) is 5.48. The number of para-hydroxylation sites is 1. The molecule has 0 fully saturated rings. The molecule has 0 aliphatic carbocycles. The Kier molecular flexibility index (Phi) is 4.42. The molecular weight excluding hydrogens is 370 g/mol. The van der Waals surface area contributed by atoms with Crippen molar-refractivity contribution in [2.24, 2.45) is 0 Å². The van der Waals surface area contributed by atoms with Gasteiger partial charge in [-0.25, -0.2) is 9.78 Å². The van der Waals surface area contributed by atoms with Gasteiger partial charge >= 0.3 is 5.97 Å². The fourth-order valence-electron chi connectivity index (χ4n) is 2.45. The summed E-state index contributed by atoms with van der Waals surface area (Å²) in [5.41, 5.74) is 0.843. The Morgan fingerprint density at radius 1 is 1.30 bits per heavy atom. The van der Waals surface area contributed by atoms with Crippen molar-refractivity contribution in [3.8, 4) is 5.69 Å². The van der Waals surface area contributed by atoms with Crippen LogP contribution >= 0.6 is 11.3 Å². The quantitative estimate of drug-likeness (QED) is 0.469. The molecule has 0 unspecified atom stereocenters. The summed E-state index contributed by atoms with van der Waals surface area (Å²) in [4.78, 5) is 29.5. The minimum absolute atomic E-state index is 0.131. The molecule has 0 bridgehead atoms. The van der Waals surface area contributed by atoms with Crippen molar-refractivity contribution in [1.29, 1.82) is 0 Å². The summed E-state index contributed by atoms with van der Waals surface area (Å²) >= 11 is 1.33. The highest BCUT2D eigenvalue weighted by molar-refractivity contribution is 7.16. The highest BCUT2D eigenvalue weighted by Gasteiger charge is 2.16. The molecule has 10 nitrogen and oxygen atoms in total.